The van der Waals surface area contributed by atoms with Crippen molar-refractivity contribution in [2.45, 2.75) is 56.5 Å². The van der Waals surface area contributed by atoms with Crippen LogP contribution in [-0.4, -0.2) is 59.9 Å². The number of aliphatic hydroxyl groups excluding tert-OH is 1. The molecule has 3 aromatic carbocycles. The van der Waals surface area contributed by atoms with Crippen molar-refractivity contribution in [3.05, 3.63) is 88.6 Å². The number of fused-ring (bicyclic) bond motifs is 6. The zero-order valence-electron chi connectivity index (χ0n) is 28.3. The third kappa shape index (κ3) is 6.27. The third-order valence-corrected chi connectivity index (χ3v) is 10.4. The van der Waals surface area contributed by atoms with Crippen LogP contribution in [0.15, 0.2) is 60.8 Å². The fourth-order valence-corrected chi connectivity index (χ4v) is 8.32. The monoisotopic (exact) mass is 681 g/mol. The van der Waals surface area contributed by atoms with Crippen molar-refractivity contribution < 1.29 is 39.1 Å². The predicted molar refractivity (Wildman–Crippen MR) is 187 cm³/mol. The lowest BCUT2D eigenvalue weighted by Crippen LogP contribution is -2.31. The Kier molecular flexibility index (Phi) is 9.19. The summed E-state index contributed by atoms with van der Waals surface area (Å²) in [6.07, 6.45) is 5.55. The van der Waals surface area contributed by atoms with Gasteiger partial charge in [-0.3, -0.25) is 4.79 Å². The second kappa shape index (κ2) is 13.7. The lowest BCUT2D eigenvalue weighted by atomic mass is 9.65. The number of anilines is 1. The fraction of sp³-hybridized carbons (Fsp3) is 0.385. The maximum absolute atomic E-state index is 12.1. The van der Waals surface area contributed by atoms with Gasteiger partial charge in [0.25, 0.3) is 0 Å². The number of nitrogens with two attached hydrogens (primary N) is 1. The second-order valence-electron chi connectivity index (χ2n) is 13.6. The second-order valence-corrected chi connectivity index (χ2v) is 13.6. The van der Waals surface area contributed by atoms with Crippen molar-refractivity contribution >= 4 is 11.8 Å². The molecule has 0 bridgehead atoms. The summed E-state index contributed by atoms with van der Waals surface area (Å²) >= 11 is 0. The van der Waals surface area contributed by atoms with Crippen molar-refractivity contribution in [1.29, 1.82) is 0 Å². The topological polar surface area (TPSA) is 166 Å². The van der Waals surface area contributed by atoms with Crippen LogP contribution < -0.4 is 25.3 Å². The van der Waals surface area contributed by atoms with E-state index >= 15 is 0 Å². The average molecular weight is 682 g/mol. The number of pyridine rings is 1. The number of carbonyl (C=O) groups is 1. The fourth-order valence-electron chi connectivity index (χ4n) is 8.32. The molecule has 0 radical (unpaired) electrons. The number of nitrogen functional groups attached to an aromatic ring is 1. The van der Waals surface area contributed by atoms with Gasteiger partial charge < -0.3 is 45.3 Å². The Morgan fingerprint density at radius 3 is 2.72 bits per heavy atom. The van der Waals surface area contributed by atoms with Gasteiger partial charge in [0.05, 0.1) is 5.92 Å². The quantitative estimate of drug-likeness (QED) is 0.0794. The summed E-state index contributed by atoms with van der Waals surface area (Å²) in [6.45, 7) is 1.93. The molecule has 4 atom stereocenters. The molecule has 0 saturated heterocycles. The SMILES string of the molecule is CNCCOc1cc(C2Oc3c(ccc4c3C3(CCC(Cc5ccc(N)nc5)C3)Cc3cc(O)cc(OCO)c3-4)C2COC(C)=O)ccc1O. The van der Waals surface area contributed by atoms with Crippen LogP contribution >= 0.6 is 0 Å². The van der Waals surface area contributed by atoms with E-state index in [1.54, 1.807) is 18.2 Å². The zero-order valence-corrected chi connectivity index (χ0v) is 28.3. The average Bonchev–Trinajstić information content (AvgIpc) is 3.66. The van der Waals surface area contributed by atoms with Crippen LogP contribution in [0.1, 0.15) is 66.0 Å². The Labute approximate surface area is 291 Å². The smallest absolute Gasteiger partial charge is 0.302 e. The maximum Gasteiger partial charge on any atom is 0.302 e. The minimum Gasteiger partial charge on any atom is -0.508 e. The summed E-state index contributed by atoms with van der Waals surface area (Å²) in [5, 5.41) is 34.2. The number of hydrogen-bond acceptors (Lipinski definition) is 11. The summed E-state index contributed by atoms with van der Waals surface area (Å²) < 4.78 is 24.3. The molecule has 1 fully saturated rings. The van der Waals surface area contributed by atoms with Gasteiger partial charge in [0.2, 0.25) is 0 Å². The summed E-state index contributed by atoms with van der Waals surface area (Å²) in [6, 6.07) is 16.5. The third-order valence-electron chi connectivity index (χ3n) is 10.4. The number of aromatic hydroxyl groups is 2. The van der Waals surface area contributed by atoms with Gasteiger partial charge in [0, 0.05) is 47.8 Å². The molecule has 2 heterocycles. The first kappa shape index (κ1) is 33.5. The summed E-state index contributed by atoms with van der Waals surface area (Å²) in [5.41, 5.74) is 12.1. The van der Waals surface area contributed by atoms with Crippen LogP contribution in [0.25, 0.3) is 11.1 Å². The summed E-state index contributed by atoms with van der Waals surface area (Å²) in [7, 11) is 1.83. The van der Waals surface area contributed by atoms with Gasteiger partial charge in [-0.15, -0.1) is 0 Å². The molecule has 0 amide bonds. The first-order valence-electron chi connectivity index (χ1n) is 17.1. The van der Waals surface area contributed by atoms with Gasteiger partial charge in [-0.2, -0.15) is 0 Å². The van der Waals surface area contributed by atoms with Gasteiger partial charge in [-0.1, -0.05) is 24.3 Å². The number of phenols is 2. The van der Waals surface area contributed by atoms with E-state index in [0.717, 1.165) is 70.4 Å². The van der Waals surface area contributed by atoms with Crippen LogP contribution in [0.3, 0.4) is 0 Å². The van der Waals surface area contributed by atoms with Crippen molar-refractivity contribution in [1.82, 2.24) is 10.3 Å². The number of rotatable bonds is 11. The van der Waals surface area contributed by atoms with Crippen LogP contribution in [-0.2, 0) is 27.8 Å². The number of aromatic nitrogens is 1. The molecule has 7 rings (SSSR count). The Bertz CT molecular complexity index is 1900. The number of carbonyl (C=O) groups excluding carboxylic acids is 1. The van der Waals surface area contributed by atoms with E-state index in [1.165, 1.54) is 13.0 Å². The van der Waals surface area contributed by atoms with Gasteiger partial charge in [-0.25, -0.2) is 4.98 Å². The Morgan fingerprint density at radius 2 is 1.96 bits per heavy atom. The first-order valence-corrected chi connectivity index (χ1v) is 17.1. The normalized spacial score (nSPS) is 21.6. The molecule has 11 nitrogen and oxygen atoms in total. The minimum absolute atomic E-state index is 0.0257. The van der Waals surface area contributed by atoms with E-state index in [2.05, 4.69) is 16.4 Å². The van der Waals surface area contributed by atoms with E-state index in [-0.39, 0.29) is 35.4 Å². The van der Waals surface area contributed by atoms with Crippen LogP contribution in [0.2, 0.25) is 0 Å². The number of benzene rings is 3. The molecule has 6 N–H and O–H groups in total. The molecular formula is C39H43N3O8. The Hall–Kier alpha value is -5.00. The van der Waals surface area contributed by atoms with Gasteiger partial charge in [-0.05, 0) is 91.6 Å². The molecule has 262 valence electrons. The van der Waals surface area contributed by atoms with Gasteiger partial charge >= 0.3 is 5.97 Å². The van der Waals surface area contributed by atoms with Crippen molar-refractivity contribution in [3.63, 3.8) is 0 Å². The number of nitrogens with zero attached hydrogens (tertiary/aromatic N) is 1. The highest BCUT2D eigenvalue weighted by Crippen LogP contribution is 2.62. The molecule has 3 aliphatic rings. The predicted octanol–water partition coefficient (Wildman–Crippen LogP) is 5.29. The van der Waals surface area contributed by atoms with Crippen molar-refractivity contribution in [2.24, 2.45) is 5.92 Å². The largest absolute Gasteiger partial charge is 0.508 e. The molecule has 1 spiro atoms. The van der Waals surface area contributed by atoms with E-state index in [9.17, 15) is 20.1 Å². The molecule has 4 unspecified atom stereocenters. The lowest BCUT2D eigenvalue weighted by Gasteiger charge is -2.39. The number of nitrogens with one attached hydrogen (secondary N) is 1. The summed E-state index contributed by atoms with van der Waals surface area (Å²) in [5.74, 6) is 1.73. The standard InChI is InChI=1S/C39H43N3O8/c1-22(44)48-20-30-28-5-6-29-35-26(14-27(45)16-33(35)49-21-43)18-39(10-9-23(17-39)13-24-3-8-34(40)42-19-24)36(29)38(28)50-37(30)25-4-7-31(46)32(15-25)47-12-11-41-2/h3-8,14-16,19,23,30,37,41,43,45-46H,9-13,17-18,20-21H2,1-2H3,(H2,40,42). The first-order chi connectivity index (χ1) is 24.2. The highest BCUT2D eigenvalue weighted by Gasteiger charge is 2.50. The van der Waals surface area contributed by atoms with E-state index in [4.69, 9.17) is 24.7 Å². The van der Waals surface area contributed by atoms with E-state index in [1.807, 2.05) is 37.5 Å². The van der Waals surface area contributed by atoms with Crippen LogP contribution in [0.4, 0.5) is 5.82 Å². The van der Waals surface area contributed by atoms with E-state index in [0.29, 0.717) is 42.8 Å². The number of aliphatic hydroxyl groups is 1. The molecule has 1 aromatic heterocycles. The molecule has 1 aliphatic heterocycles. The lowest BCUT2D eigenvalue weighted by molar-refractivity contribution is -0.141. The molecule has 50 heavy (non-hydrogen) atoms. The molecule has 1 saturated carbocycles. The van der Waals surface area contributed by atoms with E-state index < -0.39 is 12.9 Å². The summed E-state index contributed by atoms with van der Waals surface area (Å²) in [4.78, 5) is 16.4. The Balaban J connectivity index is 1.35. The number of hydrogen-bond donors (Lipinski definition) is 5. The highest BCUT2D eigenvalue weighted by molar-refractivity contribution is 5.84. The number of likely N-dealkylation sites (N-methyl/N-ethyl adjacent to an activating group) is 1. The Morgan fingerprint density at radius 1 is 1.10 bits per heavy atom. The molecular weight excluding hydrogens is 638 g/mol. The maximum atomic E-state index is 12.1. The number of ether oxygens (including phenoxy) is 4. The molecule has 11 heteroatoms. The van der Waals surface area contributed by atoms with Crippen LogP contribution in [0.5, 0.6) is 28.7 Å². The zero-order chi connectivity index (χ0) is 35.0. The molecule has 2 aliphatic carbocycles. The van der Waals surface area contributed by atoms with Crippen LogP contribution in [0, 0.1) is 5.92 Å². The van der Waals surface area contributed by atoms with Gasteiger partial charge in [0.15, 0.2) is 18.3 Å². The number of esters is 1. The number of phenolic OH excluding ortho intramolecular Hbond substituents is 2. The minimum atomic E-state index is -0.540. The molecule has 4 aromatic rings. The highest BCUT2D eigenvalue weighted by atomic mass is 16.6. The van der Waals surface area contributed by atoms with Crippen molar-refractivity contribution in [3.8, 4) is 39.9 Å². The van der Waals surface area contributed by atoms with Gasteiger partial charge in [0.1, 0.15) is 42.4 Å². The van der Waals surface area contributed by atoms with Crippen molar-refractivity contribution in [2.75, 3.05) is 39.3 Å².